The molecule has 2 rings (SSSR count). The monoisotopic (exact) mass is 305 g/mol. The van der Waals surface area contributed by atoms with Crippen LogP contribution in [0.25, 0.3) is 0 Å². The second-order valence-electron chi connectivity index (χ2n) is 7.77. The minimum Gasteiger partial charge on any atom is -0.444 e. The van der Waals surface area contributed by atoms with Crippen LogP contribution in [0.3, 0.4) is 0 Å². The van der Waals surface area contributed by atoms with Gasteiger partial charge in [0, 0.05) is 18.5 Å². The minimum absolute atomic E-state index is 0.312. The topological polar surface area (TPSA) is 49.8 Å². The van der Waals surface area contributed by atoms with E-state index in [1.165, 1.54) is 0 Å². The zero-order valence-corrected chi connectivity index (χ0v) is 14.2. The van der Waals surface area contributed by atoms with Crippen molar-refractivity contribution >= 4 is 6.09 Å². The van der Waals surface area contributed by atoms with Crippen LogP contribution in [-0.4, -0.2) is 33.8 Å². The summed E-state index contributed by atoms with van der Waals surface area (Å²) in [6.07, 6.45) is 0.691. The highest BCUT2D eigenvalue weighted by molar-refractivity contribution is 5.69. The van der Waals surface area contributed by atoms with E-state index in [0.717, 1.165) is 5.56 Å². The van der Waals surface area contributed by atoms with Crippen LogP contribution in [0.2, 0.25) is 0 Å². The third-order valence-corrected chi connectivity index (χ3v) is 4.13. The van der Waals surface area contributed by atoms with Crippen LogP contribution in [0.15, 0.2) is 30.3 Å². The Morgan fingerprint density at radius 2 is 1.82 bits per heavy atom. The molecule has 4 heteroatoms. The standard InChI is InChI=1S/C18H27NO3/c1-16(2,3)22-15(20)19-12-11-18(21,13-17(19,4)5)14-9-7-6-8-10-14/h6-10,21H,11-13H2,1-5H3. The highest BCUT2D eigenvalue weighted by Gasteiger charge is 2.46. The maximum absolute atomic E-state index is 12.4. The van der Waals surface area contributed by atoms with Gasteiger partial charge in [-0.2, -0.15) is 0 Å². The molecule has 1 saturated heterocycles. The maximum Gasteiger partial charge on any atom is 0.410 e. The molecule has 1 aliphatic heterocycles. The fraction of sp³-hybridized carbons (Fsp3) is 0.611. The number of nitrogens with zero attached hydrogens (tertiary/aromatic N) is 1. The van der Waals surface area contributed by atoms with Crippen molar-refractivity contribution in [3.63, 3.8) is 0 Å². The molecule has 1 N–H and O–H groups in total. The van der Waals surface area contributed by atoms with Crippen molar-refractivity contribution in [1.29, 1.82) is 0 Å². The fourth-order valence-corrected chi connectivity index (χ4v) is 3.15. The summed E-state index contributed by atoms with van der Waals surface area (Å²) >= 11 is 0. The molecule has 0 radical (unpaired) electrons. The zero-order chi connectivity index (χ0) is 16.6. The van der Waals surface area contributed by atoms with Crippen molar-refractivity contribution in [2.24, 2.45) is 0 Å². The van der Waals surface area contributed by atoms with Crippen LogP contribution >= 0.6 is 0 Å². The van der Waals surface area contributed by atoms with Crippen LogP contribution in [0, 0.1) is 0 Å². The van der Waals surface area contributed by atoms with Gasteiger partial charge in [-0.25, -0.2) is 4.79 Å². The third-order valence-electron chi connectivity index (χ3n) is 4.13. The predicted molar refractivity (Wildman–Crippen MR) is 86.6 cm³/mol. The number of likely N-dealkylation sites (tertiary alicyclic amines) is 1. The number of benzene rings is 1. The number of rotatable bonds is 1. The van der Waals surface area contributed by atoms with Gasteiger partial charge in [-0.3, -0.25) is 0 Å². The number of carbonyl (C=O) groups excluding carboxylic acids is 1. The van der Waals surface area contributed by atoms with E-state index in [1.807, 2.05) is 65.0 Å². The molecule has 1 aliphatic rings. The number of piperidine rings is 1. The van der Waals surface area contributed by atoms with E-state index >= 15 is 0 Å². The van der Waals surface area contributed by atoms with Crippen molar-refractivity contribution in [3.8, 4) is 0 Å². The summed E-state index contributed by atoms with van der Waals surface area (Å²) in [5, 5.41) is 11.0. The summed E-state index contributed by atoms with van der Waals surface area (Å²) in [5.74, 6) is 0. The summed E-state index contributed by atoms with van der Waals surface area (Å²) in [6, 6.07) is 9.69. The van der Waals surface area contributed by atoms with E-state index < -0.39 is 16.7 Å². The molecule has 1 aromatic carbocycles. The van der Waals surface area contributed by atoms with Gasteiger partial charge in [-0.05, 0) is 46.6 Å². The first-order valence-corrected chi connectivity index (χ1v) is 7.82. The molecule has 1 amide bonds. The van der Waals surface area contributed by atoms with E-state index in [9.17, 15) is 9.90 Å². The minimum atomic E-state index is -0.900. The highest BCUT2D eigenvalue weighted by Crippen LogP contribution is 2.41. The van der Waals surface area contributed by atoms with Gasteiger partial charge in [-0.15, -0.1) is 0 Å². The van der Waals surface area contributed by atoms with E-state index in [4.69, 9.17) is 4.74 Å². The lowest BCUT2D eigenvalue weighted by Crippen LogP contribution is -2.58. The number of hydrogen-bond acceptors (Lipinski definition) is 3. The molecule has 0 aliphatic carbocycles. The van der Waals surface area contributed by atoms with Gasteiger partial charge in [0.05, 0.1) is 5.60 Å². The Kier molecular flexibility index (Phi) is 4.26. The average Bonchev–Trinajstić information content (AvgIpc) is 2.36. The van der Waals surface area contributed by atoms with Gasteiger partial charge in [0.2, 0.25) is 0 Å². The fourth-order valence-electron chi connectivity index (χ4n) is 3.15. The molecule has 1 aromatic rings. The van der Waals surface area contributed by atoms with Crippen LogP contribution in [0.1, 0.15) is 53.0 Å². The Balaban J connectivity index is 2.18. The van der Waals surface area contributed by atoms with Gasteiger partial charge in [0.25, 0.3) is 0 Å². The molecule has 4 nitrogen and oxygen atoms in total. The lowest BCUT2D eigenvalue weighted by Gasteiger charge is -2.49. The number of hydrogen-bond donors (Lipinski definition) is 1. The number of ether oxygens (including phenoxy) is 1. The quantitative estimate of drug-likeness (QED) is 0.861. The molecule has 0 bridgehead atoms. The van der Waals surface area contributed by atoms with Crippen molar-refractivity contribution in [3.05, 3.63) is 35.9 Å². The molecule has 0 spiro atoms. The average molecular weight is 305 g/mol. The highest BCUT2D eigenvalue weighted by atomic mass is 16.6. The predicted octanol–water partition coefficient (Wildman–Crippen LogP) is 3.68. The number of amides is 1. The molecule has 1 heterocycles. The van der Waals surface area contributed by atoms with Gasteiger partial charge < -0.3 is 14.7 Å². The summed E-state index contributed by atoms with van der Waals surface area (Å²) in [6.45, 7) is 10.0. The van der Waals surface area contributed by atoms with Gasteiger partial charge in [0.1, 0.15) is 5.60 Å². The summed E-state index contributed by atoms with van der Waals surface area (Å²) < 4.78 is 5.49. The van der Waals surface area contributed by atoms with Crippen molar-refractivity contribution in [2.45, 2.75) is 64.2 Å². The van der Waals surface area contributed by atoms with E-state index in [-0.39, 0.29) is 6.09 Å². The molecule has 1 unspecified atom stereocenters. The van der Waals surface area contributed by atoms with Gasteiger partial charge in [-0.1, -0.05) is 30.3 Å². The van der Waals surface area contributed by atoms with E-state index in [0.29, 0.717) is 19.4 Å². The zero-order valence-electron chi connectivity index (χ0n) is 14.2. The molecule has 0 saturated carbocycles. The molecule has 1 fully saturated rings. The second-order valence-corrected chi connectivity index (χ2v) is 7.77. The van der Waals surface area contributed by atoms with E-state index in [1.54, 1.807) is 4.90 Å². The normalized spacial score (nSPS) is 24.9. The Bertz CT molecular complexity index is 533. The van der Waals surface area contributed by atoms with Gasteiger partial charge in [0.15, 0.2) is 0 Å². The summed E-state index contributed by atoms with van der Waals surface area (Å²) in [5.41, 5.74) is -0.971. The Morgan fingerprint density at radius 3 is 2.32 bits per heavy atom. The smallest absolute Gasteiger partial charge is 0.410 e. The number of aliphatic hydroxyl groups is 1. The second kappa shape index (κ2) is 5.58. The molecular formula is C18H27NO3. The van der Waals surface area contributed by atoms with Crippen molar-refractivity contribution in [2.75, 3.05) is 6.54 Å². The lowest BCUT2D eigenvalue weighted by molar-refractivity contribution is -0.0829. The molecule has 122 valence electrons. The van der Waals surface area contributed by atoms with Crippen LogP contribution < -0.4 is 0 Å². The molecule has 0 aromatic heterocycles. The first-order chi connectivity index (χ1) is 10.0. The van der Waals surface area contributed by atoms with Crippen LogP contribution in [0.5, 0.6) is 0 Å². The van der Waals surface area contributed by atoms with E-state index in [2.05, 4.69) is 0 Å². The maximum atomic E-state index is 12.4. The van der Waals surface area contributed by atoms with Crippen molar-refractivity contribution in [1.82, 2.24) is 4.90 Å². The largest absolute Gasteiger partial charge is 0.444 e. The Morgan fingerprint density at radius 1 is 1.23 bits per heavy atom. The van der Waals surface area contributed by atoms with Crippen molar-refractivity contribution < 1.29 is 14.6 Å². The van der Waals surface area contributed by atoms with Crippen LogP contribution in [0.4, 0.5) is 4.79 Å². The molecule has 1 atom stereocenters. The summed E-state index contributed by atoms with van der Waals surface area (Å²) in [4.78, 5) is 14.1. The first-order valence-electron chi connectivity index (χ1n) is 7.82. The Labute approximate surface area is 133 Å². The number of carbonyl (C=O) groups is 1. The third kappa shape index (κ3) is 3.61. The first kappa shape index (κ1) is 16.8. The SMILES string of the molecule is CC(C)(C)OC(=O)N1CCC(O)(c2ccccc2)CC1(C)C. The van der Waals surface area contributed by atoms with Gasteiger partial charge >= 0.3 is 6.09 Å². The lowest BCUT2D eigenvalue weighted by atomic mass is 9.75. The summed E-state index contributed by atoms with van der Waals surface area (Å²) in [7, 11) is 0. The molecular weight excluding hydrogens is 278 g/mol. The molecule has 22 heavy (non-hydrogen) atoms. The Hall–Kier alpha value is -1.55. The van der Waals surface area contributed by atoms with Crippen LogP contribution in [-0.2, 0) is 10.3 Å².